The molecule has 9 heteroatoms. The van der Waals surface area contributed by atoms with Crippen molar-refractivity contribution >= 4 is 24.2 Å². The molecule has 0 bridgehead atoms. The van der Waals surface area contributed by atoms with Crippen molar-refractivity contribution in [1.82, 2.24) is 9.79 Å². The predicted octanol–water partition coefficient (Wildman–Crippen LogP) is 2.69. The Balaban J connectivity index is 1.96. The van der Waals surface area contributed by atoms with Gasteiger partial charge >= 0.3 is 0 Å². The summed E-state index contributed by atoms with van der Waals surface area (Å²) in [7, 11) is -4.40. The first-order valence-corrected chi connectivity index (χ1v) is 14.2. The molecular formula is C20H26N2O5SSi. The molecule has 1 amide bonds. The van der Waals surface area contributed by atoms with E-state index < -0.39 is 30.3 Å². The summed E-state index contributed by atoms with van der Waals surface area (Å²) in [6.07, 6.45) is 0.284. The molecule has 0 saturated carbocycles. The van der Waals surface area contributed by atoms with Gasteiger partial charge in [0.05, 0.1) is 12.0 Å². The van der Waals surface area contributed by atoms with Gasteiger partial charge in [0.2, 0.25) is 18.3 Å². The molecule has 7 nitrogen and oxygen atoms in total. The standard InChI is InChI=1S/C20H26N2O5SSi/c1-26-17-9-11-18(12-10-17)28(24,25)22-14-16-8-6-5-7-15(16)13-19(22)20(23)21-27-29(2,3)4/h5-12,19H,13-14H2,1-4H3,(H,21,23)/t19-/m0/s1. The fourth-order valence-corrected chi connectivity index (χ4v) is 5.10. The van der Waals surface area contributed by atoms with Gasteiger partial charge < -0.3 is 9.26 Å². The van der Waals surface area contributed by atoms with Crippen molar-refractivity contribution in [1.29, 1.82) is 0 Å². The molecule has 1 N–H and O–H groups in total. The van der Waals surface area contributed by atoms with Crippen LogP contribution in [0.1, 0.15) is 11.1 Å². The fraction of sp³-hybridized carbons (Fsp3) is 0.350. The number of sulfonamides is 1. The minimum Gasteiger partial charge on any atom is -0.497 e. The maximum Gasteiger partial charge on any atom is 0.261 e. The van der Waals surface area contributed by atoms with E-state index in [9.17, 15) is 13.2 Å². The lowest BCUT2D eigenvalue weighted by Gasteiger charge is -2.35. The Bertz CT molecular complexity index is 987. The minimum absolute atomic E-state index is 0.113. The summed E-state index contributed by atoms with van der Waals surface area (Å²) in [6.45, 7) is 5.94. The number of nitrogens with zero attached hydrogens (tertiary/aromatic N) is 1. The lowest BCUT2D eigenvalue weighted by Crippen LogP contribution is -2.53. The van der Waals surface area contributed by atoms with Gasteiger partial charge in [-0.1, -0.05) is 24.3 Å². The summed E-state index contributed by atoms with van der Waals surface area (Å²) in [4.78, 5) is 13.0. The molecule has 1 atom stereocenters. The van der Waals surface area contributed by atoms with Crippen molar-refractivity contribution in [2.45, 2.75) is 43.5 Å². The normalized spacial score (nSPS) is 17.4. The van der Waals surface area contributed by atoms with Crippen molar-refractivity contribution in [3.8, 4) is 5.75 Å². The molecule has 0 fully saturated rings. The van der Waals surface area contributed by atoms with Gasteiger partial charge in [-0.05, 0) is 61.5 Å². The number of hydroxylamine groups is 1. The van der Waals surface area contributed by atoms with Gasteiger partial charge in [0.25, 0.3) is 5.91 Å². The van der Waals surface area contributed by atoms with Crippen LogP contribution in [0.4, 0.5) is 0 Å². The zero-order chi connectivity index (χ0) is 21.2. The maximum atomic E-state index is 13.4. The van der Waals surface area contributed by atoms with Crippen LogP contribution in [0.5, 0.6) is 5.75 Å². The SMILES string of the molecule is COc1ccc(S(=O)(=O)N2Cc3ccccc3C[C@H]2C(=O)NO[Si](C)(C)C)cc1. The number of fused-ring (bicyclic) bond motifs is 1. The van der Waals surface area contributed by atoms with Gasteiger partial charge in [-0.25, -0.2) is 13.9 Å². The number of nitrogens with one attached hydrogen (secondary N) is 1. The molecule has 0 aliphatic carbocycles. The summed E-state index contributed by atoms with van der Waals surface area (Å²) in [5.74, 6) is 0.102. The van der Waals surface area contributed by atoms with E-state index in [0.717, 1.165) is 11.1 Å². The highest BCUT2D eigenvalue weighted by molar-refractivity contribution is 7.89. The summed E-state index contributed by atoms with van der Waals surface area (Å²) in [5, 5.41) is 0. The van der Waals surface area contributed by atoms with Crippen LogP contribution in [0.2, 0.25) is 19.6 Å². The van der Waals surface area contributed by atoms with Crippen LogP contribution in [0, 0.1) is 0 Å². The van der Waals surface area contributed by atoms with E-state index >= 15 is 0 Å². The van der Waals surface area contributed by atoms with Crippen molar-refractivity contribution in [2.75, 3.05) is 7.11 Å². The molecule has 0 saturated heterocycles. The smallest absolute Gasteiger partial charge is 0.261 e. The second kappa shape index (κ2) is 8.27. The van der Waals surface area contributed by atoms with E-state index in [0.29, 0.717) is 5.75 Å². The number of carbonyl (C=O) groups excluding carboxylic acids is 1. The van der Waals surface area contributed by atoms with Crippen LogP contribution in [0.15, 0.2) is 53.4 Å². The third kappa shape index (κ3) is 4.87. The van der Waals surface area contributed by atoms with E-state index in [1.165, 1.54) is 23.5 Å². The van der Waals surface area contributed by atoms with Gasteiger partial charge in [-0.3, -0.25) is 4.79 Å². The van der Waals surface area contributed by atoms with Gasteiger partial charge in [-0.15, -0.1) is 0 Å². The number of methoxy groups -OCH3 is 1. The molecule has 3 rings (SSSR count). The first-order chi connectivity index (χ1) is 13.6. The van der Waals surface area contributed by atoms with Crippen LogP contribution in [0.25, 0.3) is 0 Å². The largest absolute Gasteiger partial charge is 0.497 e. The van der Waals surface area contributed by atoms with Crippen LogP contribution in [0.3, 0.4) is 0 Å². The zero-order valence-corrected chi connectivity index (χ0v) is 18.8. The number of carbonyl (C=O) groups is 1. The number of hydrogen-bond acceptors (Lipinski definition) is 5. The number of hydrogen-bond donors (Lipinski definition) is 1. The molecule has 156 valence electrons. The third-order valence-electron chi connectivity index (χ3n) is 4.63. The van der Waals surface area contributed by atoms with E-state index in [2.05, 4.69) is 5.48 Å². The number of rotatable bonds is 6. The van der Waals surface area contributed by atoms with E-state index in [1.807, 2.05) is 43.9 Å². The van der Waals surface area contributed by atoms with Gasteiger partial charge in [0.15, 0.2) is 0 Å². The molecule has 1 heterocycles. The molecule has 1 aliphatic rings. The Morgan fingerprint density at radius 3 is 2.28 bits per heavy atom. The second-order valence-electron chi connectivity index (χ2n) is 7.90. The topological polar surface area (TPSA) is 84.9 Å². The van der Waals surface area contributed by atoms with Crippen molar-refractivity contribution in [3.05, 3.63) is 59.7 Å². The van der Waals surface area contributed by atoms with Gasteiger partial charge in [-0.2, -0.15) is 4.31 Å². The van der Waals surface area contributed by atoms with Crippen molar-refractivity contribution in [2.24, 2.45) is 0 Å². The Kier molecular flexibility index (Phi) is 6.13. The molecule has 2 aromatic rings. The number of amides is 1. The summed E-state index contributed by atoms with van der Waals surface area (Å²) in [6, 6.07) is 12.8. The second-order valence-corrected chi connectivity index (χ2v) is 14.2. The highest BCUT2D eigenvalue weighted by Gasteiger charge is 2.40. The minimum atomic E-state index is -3.90. The Morgan fingerprint density at radius 1 is 1.07 bits per heavy atom. The molecule has 0 aromatic heterocycles. The average molecular weight is 435 g/mol. The zero-order valence-electron chi connectivity index (χ0n) is 17.0. The van der Waals surface area contributed by atoms with Crippen LogP contribution < -0.4 is 10.2 Å². The highest BCUT2D eigenvalue weighted by atomic mass is 32.2. The summed E-state index contributed by atoms with van der Waals surface area (Å²) < 4.78 is 38.7. The molecular weight excluding hydrogens is 408 g/mol. The number of benzene rings is 2. The van der Waals surface area contributed by atoms with Crippen molar-refractivity contribution < 1.29 is 22.5 Å². The fourth-order valence-electron chi connectivity index (χ4n) is 3.13. The van der Waals surface area contributed by atoms with E-state index in [-0.39, 0.29) is 17.9 Å². The lowest BCUT2D eigenvalue weighted by atomic mass is 9.95. The average Bonchev–Trinajstić information content (AvgIpc) is 2.70. The molecule has 29 heavy (non-hydrogen) atoms. The maximum absolute atomic E-state index is 13.4. The quantitative estimate of drug-likeness (QED) is 0.558. The predicted molar refractivity (Wildman–Crippen MR) is 112 cm³/mol. The molecule has 0 spiro atoms. The number of ether oxygens (including phenoxy) is 1. The Hall–Kier alpha value is -2.20. The van der Waals surface area contributed by atoms with Crippen LogP contribution in [-0.4, -0.2) is 40.1 Å². The first-order valence-electron chi connectivity index (χ1n) is 9.32. The van der Waals surface area contributed by atoms with E-state index in [4.69, 9.17) is 9.26 Å². The van der Waals surface area contributed by atoms with Crippen LogP contribution >= 0.6 is 0 Å². The monoisotopic (exact) mass is 434 g/mol. The Labute approximate surface area is 172 Å². The van der Waals surface area contributed by atoms with E-state index in [1.54, 1.807) is 12.1 Å². The van der Waals surface area contributed by atoms with Crippen LogP contribution in [-0.2, 0) is 32.3 Å². The van der Waals surface area contributed by atoms with Crippen molar-refractivity contribution in [3.63, 3.8) is 0 Å². The van der Waals surface area contributed by atoms with Gasteiger partial charge in [0.1, 0.15) is 11.8 Å². The Morgan fingerprint density at radius 2 is 1.69 bits per heavy atom. The molecule has 0 unspecified atom stereocenters. The van der Waals surface area contributed by atoms with Gasteiger partial charge in [0, 0.05) is 6.54 Å². The lowest BCUT2D eigenvalue weighted by molar-refractivity contribution is -0.132. The molecule has 2 aromatic carbocycles. The summed E-state index contributed by atoms with van der Waals surface area (Å²) >= 11 is 0. The molecule has 1 aliphatic heterocycles. The summed E-state index contributed by atoms with van der Waals surface area (Å²) in [5.41, 5.74) is 4.34. The molecule has 0 radical (unpaired) electrons. The third-order valence-corrected chi connectivity index (χ3v) is 7.22. The highest BCUT2D eigenvalue weighted by Crippen LogP contribution is 2.30. The first kappa shape index (κ1) is 21.5.